The third-order valence-corrected chi connectivity index (χ3v) is 5.19. The van der Waals surface area contributed by atoms with Gasteiger partial charge >= 0.3 is 0 Å². The fourth-order valence-electron chi connectivity index (χ4n) is 2.17. The second-order valence-corrected chi connectivity index (χ2v) is 7.23. The molecule has 7 heteroatoms. The lowest BCUT2D eigenvalue weighted by atomic mass is 10.3. The Morgan fingerprint density at radius 1 is 1.26 bits per heavy atom. The van der Waals surface area contributed by atoms with Crippen LogP contribution in [0.25, 0.3) is 10.2 Å². The summed E-state index contributed by atoms with van der Waals surface area (Å²) in [5, 5.41) is 3.01. The number of nitrogens with two attached hydrogens (primary N) is 1. The smallest absolute Gasteiger partial charge is 0.240 e. The van der Waals surface area contributed by atoms with Gasteiger partial charge < -0.3 is 10.6 Å². The predicted molar refractivity (Wildman–Crippen MR) is 97.0 cm³/mol. The fourth-order valence-corrected chi connectivity index (χ4v) is 3.87. The molecular formula is C16H16N4OS2. The van der Waals surface area contributed by atoms with Gasteiger partial charge in [-0.15, -0.1) is 11.3 Å². The van der Waals surface area contributed by atoms with E-state index in [0.29, 0.717) is 11.0 Å². The molecule has 1 atom stereocenters. The number of hydrogen-bond acceptors (Lipinski definition) is 6. The molecule has 0 spiro atoms. The van der Waals surface area contributed by atoms with Crippen LogP contribution in [0.15, 0.2) is 46.9 Å². The minimum absolute atomic E-state index is 0.00496. The Morgan fingerprint density at radius 3 is 2.74 bits per heavy atom. The monoisotopic (exact) mass is 344 g/mol. The summed E-state index contributed by atoms with van der Waals surface area (Å²) in [5.74, 6) is 0.449. The van der Waals surface area contributed by atoms with Gasteiger partial charge in [0.05, 0.1) is 10.6 Å². The van der Waals surface area contributed by atoms with Gasteiger partial charge in [0.2, 0.25) is 5.91 Å². The summed E-state index contributed by atoms with van der Waals surface area (Å²) < 4.78 is 0. The van der Waals surface area contributed by atoms with E-state index in [4.69, 9.17) is 5.73 Å². The van der Waals surface area contributed by atoms with E-state index in [9.17, 15) is 4.79 Å². The number of fused-ring (bicyclic) bond motifs is 1. The van der Waals surface area contributed by atoms with Crippen molar-refractivity contribution >= 4 is 50.7 Å². The van der Waals surface area contributed by atoms with Crippen LogP contribution < -0.4 is 10.6 Å². The van der Waals surface area contributed by atoms with E-state index in [1.165, 1.54) is 23.1 Å². The summed E-state index contributed by atoms with van der Waals surface area (Å²) >= 11 is 2.83. The Hall–Kier alpha value is -2.12. The second-order valence-electron chi connectivity index (χ2n) is 5.02. The van der Waals surface area contributed by atoms with E-state index < -0.39 is 0 Å². The zero-order valence-corrected chi connectivity index (χ0v) is 14.4. The van der Waals surface area contributed by atoms with Gasteiger partial charge in [-0.2, -0.15) is 0 Å². The zero-order valence-electron chi connectivity index (χ0n) is 12.8. The van der Waals surface area contributed by atoms with E-state index >= 15 is 0 Å². The van der Waals surface area contributed by atoms with Crippen molar-refractivity contribution in [1.82, 2.24) is 9.97 Å². The molecule has 2 heterocycles. The summed E-state index contributed by atoms with van der Waals surface area (Å²) in [6, 6.07) is 11.5. The Bertz CT molecular complexity index is 834. The highest BCUT2D eigenvalue weighted by Crippen LogP contribution is 2.29. The van der Waals surface area contributed by atoms with Crippen molar-refractivity contribution in [1.29, 1.82) is 0 Å². The molecule has 1 amide bonds. The molecule has 0 aliphatic carbocycles. The molecule has 0 radical (unpaired) electrons. The van der Waals surface area contributed by atoms with E-state index in [1.807, 2.05) is 48.7 Å². The van der Waals surface area contributed by atoms with Crippen LogP contribution in [0.1, 0.15) is 6.92 Å². The number of carbonyl (C=O) groups excluding carboxylic acids is 1. The number of carbonyl (C=O) groups is 1. The molecule has 3 aromatic rings. The molecular weight excluding hydrogens is 328 g/mol. The normalized spacial score (nSPS) is 12.3. The number of para-hydroxylation sites is 1. The largest absolute Gasteiger partial charge is 0.383 e. The summed E-state index contributed by atoms with van der Waals surface area (Å²) in [5.41, 5.74) is 6.81. The number of aromatic nitrogens is 2. The number of nitrogens with zero attached hydrogens (tertiary/aromatic N) is 3. The number of amides is 1. The molecule has 1 aromatic carbocycles. The highest BCUT2D eigenvalue weighted by molar-refractivity contribution is 8.00. The molecule has 0 bridgehead atoms. The standard InChI is InChI=1S/C16H16N4OS2/c1-10(15(21)20(2)11-6-4-3-5-7-11)23-16-18-13(17)12-8-9-22-14(12)19-16/h3-10H,1-2H3,(H2,17,18,19)/t10-/m0/s1. The number of benzene rings is 1. The lowest BCUT2D eigenvalue weighted by molar-refractivity contribution is -0.117. The first-order valence-corrected chi connectivity index (χ1v) is 8.82. The van der Waals surface area contributed by atoms with Crippen molar-refractivity contribution in [3.05, 3.63) is 41.8 Å². The SMILES string of the molecule is C[C@H](Sc1nc(N)c2ccsc2n1)C(=O)N(C)c1ccccc1. The van der Waals surface area contributed by atoms with Crippen LogP contribution in [-0.2, 0) is 4.79 Å². The van der Waals surface area contributed by atoms with Crippen LogP contribution in [0.2, 0.25) is 0 Å². The first-order chi connectivity index (χ1) is 11.1. The molecule has 5 nitrogen and oxygen atoms in total. The average Bonchev–Trinajstić information content (AvgIpc) is 3.03. The van der Waals surface area contributed by atoms with Crippen LogP contribution in [0, 0.1) is 0 Å². The van der Waals surface area contributed by atoms with Gasteiger partial charge in [-0.1, -0.05) is 30.0 Å². The Kier molecular flexibility index (Phi) is 4.49. The summed E-state index contributed by atoms with van der Waals surface area (Å²) in [6.45, 7) is 1.85. The van der Waals surface area contributed by atoms with Crippen LogP contribution in [0.3, 0.4) is 0 Å². The summed E-state index contributed by atoms with van der Waals surface area (Å²) in [7, 11) is 1.77. The van der Waals surface area contributed by atoms with E-state index in [1.54, 1.807) is 11.9 Å². The Labute approximate surface area is 142 Å². The molecule has 23 heavy (non-hydrogen) atoms. The van der Waals surface area contributed by atoms with Gasteiger partial charge in [0.1, 0.15) is 10.6 Å². The minimum atomic E-state index is -0.308. The first kappa shape index (κ1) is 15.8. The molecule has 0 saturated heterocycles. The number of nitrogen functional groups attached to an aromatic ring is 1. The molecule has 0 saturated carbocycles. The molecule has 0 aliphatic heterocycles. The average molecular weight is 344 g/mol. The van der Waals surface area contributed by atoms with Crippen LogP contribution in [0.4, 0.5) is 11.5 Å². The molecule has 0 fully saturated rings. The number of thiophene rings is 1. The predicted octanol–water partition coefficient (Wildman–Crippen LogP) is 3.42. The maximum atomic E-state index is 12.6. The molecule has 118 valence electrons. The van der Waals surface area contributed by atoms with Gasteiger partial charge in [0, 0.05) is 12.7 Å². The number of anilines is 2. The lowest BCUT2D eigenvalue weighted by Gasteiger charge is -2.20. The van der Waals surface area contributed by atoms with Crippen LogP contribution in [0.5, 0.6) is 0 Å². The van der Waals surface area contributed by atoms with Gasteiger partial charge in [-0.3, -0.25) is 4.79 Å². The van der Waals surface area contributed by atoms with E-state index in [-0.39, 0.29) is 11.2 Å². The van der Waals surface area contributed by atoms with Gasteiger partial charge in [0.25, 0.3) is 0 Å². The van der Waals surface area contributed by atoms with E-state index in [0.717, 1.165) is 15.9 Å². The van der Waals surface area contributed by atoms with Crippen molar-refractivity contribution in [2.24, 2.45) is 0 Å². The van der Waals surface area contributed by atoms with Gasteiger partial charge in [0.15, 0.2) is 5.16 Å². The van der Waals surface area contributed by atoms with Gasteiger partial charge in [-0.25, -0.2) is 9.97 Å². The third-order valence-electron chi connectivity index (χ3n) is 3.44. The first-order valence-electron chi connectivity index (χ1n) is 7.06. The maximum absolute atomic E-state index is 12.6. The third kappa shape index (κ3) is 3.30. The molecule has 0 unspecified atom stereocenters. The number of rotatable bonds is 4. The summed E-state index contributed by atoms with van der Waals surface area (Å²) in [6.07, 6.45) is 0. The second kappa shape index (κ2) is 6.55. The maximum Gasteiger partial charge on any atom is 0.240 e. The molecule has 2 aromatic heterocycles. The van der Waals surface area contributed by atoms with Crippen molar-refractivity contribution in [3.63, 3.8) is 0 Å². The molecule has 0 aliphatic rings. The Morgan fingerprint density at radius 2 is 2.00 bits per heavy atom. The Balaban J connectivity index is 1.77. The number of thioether (sulfide) groups is 1. The van der Waals surface area contributed by atoms with Crippen molar-refractivity contribution in [2.45, 2.75) is 17.3 Å². The van der Waals surface area contributed by atoms with Gasteiger partial charge in [-0.05, 0) is 30.5 Å². The van der Waals surface area contributed by atoms with E-state index in [2.05, 4.69) is 9.97 Å². The highest BCUT2D eigenvalue weighted by Gasteiger charge is 2.21. The lowest BCUT2D eigenvalue weighted by Crippen LogP contribution is -2.33. The van der Waals surface area contributed by atoms with Crippen LogP contribution in [-0.4, -0.2) is 28.2 Å². The molecule has 3 rings (SSSR count). The van der Waals surface area contributed by atoms with Crippen molar-refractivity contribution in [3.8, 4) is 0 Å². The number of hydrogen-bond donors (Lipinski definition) is 1. The quantitative estimate of drug-likeness (QED) is 0.580. The molecule has 2 N–H and O–H groups in total. The van der Waals surface area contributed by atoms with Crippen LogP contribution >= 0.6 is 23.1 Å². The topological polar surface area (TPSA) is 72.1 Å². The highest BCUT2D eigenvalue weighted by atomic mass is 32.2. The van der Waals surface area contributed by atoms with Crippen molar-refractivity contribution in [2.75, 3.05) is 17.7 Å². The summed E-state index contributed by atoms with van der Waals surface area (Å²) in [4.78, 5) is 23.8. The van der Waals surface area contributed by atoms with Crippen molar-refractivity contribution < 1.29 is 4.79 Å². The fraction of sp³-hybridized carbons (Fsp3) is 0.188. The minimum Gasteiger partial charge on any atom is -0.383 e. The zero-order chi connectivity index (χ0) is 16.4.